The van der Waals surface area contributed by atoms with Crippen LogP contribution in [0.15, 0.2) is 76.6 Å². The molecule has 12 nitrogen and oxygen atoms in total. The summed E-state index contributed by atoms with van der Waals surface area (Å²) in [5.74, 6) is -2.62. The van der Waals surface area contributed by atoms with Crippen LogP contribution in [-0.2, 0) is 16.2 Å². The zero-order valence-corrected chi connectivity index (χ0v) is 26.5. The Kier molecular flexibility index (Phi) is 7.00. The molecule has 2 bridgehead atoms. The molecule has 7 atom stereocenters. The summed E-state index contributed by atoms with van der Waals surface area (Å²) in [4.78, 5) is 67.4. The van der Waals surface area contributed by atoms with Gasteiger partial charge in [0.25, 0.3) is 11.4 Å². The highest BCUT2D eigenvalue weighted by atomic mass is 35.5. The third-order valence-electron chi connectivity index (χ3n) is 9.89. The van der Waals surface area contributed by atoms with E-state index in [1.165, 1.54) is 48.2 Å². The number of halogens is 1. The van der Waals surface area contributed by atoms with Crippen molar-refractivity contribution in [3.63, 3.8) is 0 Å². The quantitative estimate of drug-likeness (QED) is 0.136. The summed E-state index contributed by atoms with van der Waals surface area (Å²) in [6, 6.07) is 17.0. The minimum atomic E-state index is -0.624. The second kappa shape index (κ2) is 11.0. The molecular weight excluding hydrogens is 668 g/mol. The van der Waals surface area contributed by atoms with Crippen molar-refractivity contribution in [2.75, 3.05) is 4.90 Å². The van der Waals surface area contributed by atoms with Crippen LogP contribution >= 0.6 is 34.7 Å². The number of ether oxygens (including phenoxy) is 1. The number of aromatic amines is 1. The number of amides is 2. The number of hydrogen-bond donors (Lipinski definition) is 1. The van der Waals surface area contributed by atoms with E-state index in [1.807, 2.05) is 12.1 Å². The van der Waals surface area contributed by atoms with Gasteiger partial charge in [0, 0.05) is 50.9 Å². The summed E-state index contributed by atoms with van der Waals surface area (Å²) in [5, 5.41) is 24.3. The second-order valence-electron chi connectivity index (χ2n) is 12.1. The zero-order valence-electron chi connectivity index (χ0n) is 24.1. The highest BCUT2D eigenvalue weighted by molar-refractivity contribution is 8.00. The average molecular weight is 691 g/mol. The SMILES string of the molecule is O=C1[C@H]2[C@H]3C[C@@H]([C@@H]2C(=O)N1c1ccc([N+](=O)[O-])cc1)[C@H]1[C@H](c2cc([N+](=O)[O-])ccc2OCc2ccc(Cl)cc2)c2sc(=O)[nH]c2S[C@H]31. The molecule has 0 spiro atoms. The summed E-state index contributed by atoms with van der Waals surface area (Å²) in [5.41, 5.74) is 1.40. The number of non-ortho nitro benzene ring substituents is 2. The lowest BCUT2D eigenvalue weighted by Crippen LogP contribution is -2.42. The van der Waals surface area contributed by atoms with Gasteiger partial charge < -0.3 is 9.72 Å². The standard InChI is InChI=1S/C32H23ClN4O8S2/c33-15-3-1-14(2-4-15)13-45-22-10-9-18(37(43)44)11-19(22)23-24-20-12-21(27(24)46-29-28(23)47-32(40)34-29)26-25(20)30(38)35(31(26)39)16-5-7-17(8-6-16)36(41)42/h1-11,20-21,23-27H,12-13H2,(H,34,40)/t20-,21-,23+,24+,25+,26+,27-/m1/s1. The Balaban J connectivity index is 1.20. The largest absolute Gasteiger partial charge is 0.489 e. The van der Waals surface area contributed by atoms with E-state index < -0.39 is 27.6 Å². The molecule has 0 unspecified atom stereocenters. The maximum absolute atomic E-state index is 14.1. The van der Waals surface area contributed by atoms with Gasteiger partial charge in [-0.05, 0) is 60.1 Å². The molecule has 1 aromatic heterocycles. The Morgan fingerprint density at radius 2 is 1.55 bits per heavy atom. The van der Waals surface area contributed by atoms with Crippen molar-refractivity contribution >= 4 is 63.6 Å². The van der Waals surface area contributed by atoms with Gasteiger partial charge >= 0.3 is 4.87 Å². The molecule has 3 aromatic carbocycles. The van der Waals surface area contributed by atoms with Crippen molar-refractivity contribution < 1.29 is 24.2 Å². The molecule has 238 valence electrons. The van der Waals surface area contributed by atoms with Gasteiger partial charge in [0.05, 0.1) is 32.4 Å². The minimum absolute atomic E-state index is 0.129. The topological polar surface area (TPSA) is 166 Å². The number of fused-ring (bicyclic) bond motifs is 9. The number of nitro groups is 2. The van der Waals surface area contributed by atoms with Gasteiger partial charge in [0.15, 0.2) is 0 Å². The van der Waals surface area contributed by atoms with Crippen LogP contribution in [0.25, 0.3) is 0 Å². The number of imide groups is 1. The number of benzene rings is 3. The van der Waals surface area contributed by atoms with Crippen LogP contribution in [0.5, 0.6) is 5.75 Å². The maximum atomic E-state index is 14.1. The Hall–Kier alpha value is -4.53. The highest BCUT2D eigenvalue weighted by Crippen LogP contribution is 2.69. The molecule has 2 amide bonds. The number of nitro benzene ring substituents is 2. The third-order valence-corrected chi connectivity index (χ3v) is 12.7. The van der Waals surface area contributed by atoms with Crippen molar-refractivity contribution in [3.8, 4) is 5.75 Å². The van der Waals surface area contributed by atoms with Gasteiger partial charge in [-0.2, -0.15) is 0 Å². The molecule has 47 heavy (non-hydrogen) atoms. The number of rotatable bonds is 7. The Labute approximate surface area is 279 Å². The second-order valence-corrected chi connectivity index (χ2v) is 14.8. The van der Waals surface area contributed by atoms with E-state index in [1.54, 1.807) is 18.2 Å². The monoisotopic (exact) mass is 690 g/mol. The molecule has 3 heterocycles. The molecule has 2 saturated carbocycles. The van der Waals surface area contributed by atoms with Gasteiger partial charge in [-0.3, -0.25) is 39.5 Å². The molecule has 0 radical (unpaired) electrons. The summed E-state index contributed by atoms with van der Waals surface area (Å²) < 4.78 is 6.29. The molecule has 1 N–H and O–H groups in total. The first-order valence-electron chi connectivity index (χ1n) is 14.8. The smallest absolute Gasteiger partial charge is 0.305 e. The van der Waals surface area contributed by atoms with Crippen LogP contribution in [0.3, 0.4) is 0 Å². The fourth-order valence-corrected chi connectivity index (χ4v) is 11.1. The van der Waals surface area contributed by atoms with E-state index >= 15 is 0 Å². The normalized spacial score (nSPS) is 27.0. The minimum Gasteiger partial charge on any atom is -0.489 e. The molecule has 4 aromatic rings. The maximum Gasteiger partial charge on any atom is 0.305 e. The van der Waals surface area contributed by atoms with Gasteiger partial charge in [0.1, 0.15) is 12.4 Å². The van der Waals surface area contributed by atoms with E-state index in [4.69, 9.17) is 16.3 Å². The van der Waals surface area contributed by atoms with Crippen LogP contribution in [-0.4, -0.2) is 31.9 Å². The fraction of sp³-hybridized carbons (Fsp3) is 0.281. The number of carbonyl (C=O) groups is 2. The summed E-state index contributed by atoms with van der Waals surface area (Å²) >= 11 is 8.60. The van der Waals surface area contributed by atoms with Crippen LogP contribution in [0.1, 0.15) is 28.3 Å². The molecule has 4 aliphatic rings. The van der Waals surface area contributed by atoms with E-state index in [9.17, 15) is 34.6 Å². The Bertz CT molecular complexity index is 2050. The molecule has 15 heteroatoms. The van der Waals surface area contributed by atoms with Gasteiger partial charge in [0.2, 0.25) is 11.8 Å². The van der Waals surface area contributed by atoms with E-state index in [0.29, 0.717) is 27.8 Å². The molecule has 3 fully saturated rings. The zero-order chi connectivity index (χ0) is 32.7. The molecule has 8 rings (SSSR count). The number of aromatic nitrogens is 1. The number of hydrogen-bond acceptors (Lipinski definition) is 10. The number of carbonyl (C=O) groups excluding carboxylic acids is 2. The number of nitrogens with zero attached hydrogens (tertiary/aromatic N) is 3. The van der Waals surface area contributed by atoms with Crippen molar-refractivity contribution in [2.24, 2.45) is 29.6 Å². The number of anilines is 1. The van der Waals surface area contributed by atoms with Crippen LogP contribution in [0, 0.1) is 49.8 Å². The Morgan fingerprint density at radius 1 is 0.894 bits per heavy atom. The average Bonchev–Trinajstić information content (AvgIpc) is 3.79. The number of thiazole rings is 1. The lowest BCUT2D eigenvalue weighted by atomic mass is 9.68. The summed E-state index contributed by atoms with van der Waals surface area (Å²) in [7, 11) is 0. The summed E-state index contributed by atoms with van der Waals surface area (Å²) in [6.45, 7) is 0.168. The van der Waals surface area contributed by atoms with Gasteiger partial charge in [-0.1, -0.05) is 35.1 Å². The van der Waals surface area contributed by atoms with E-state index in [0.717, 1.165) is 26.7 Å². The summed E-state index contributed by atoms with van der Waals surface area (Å²) in [6.07, 6.45) is 0.620. The van der Waals surface area contributed by atoms with E-state index in [2.05, 4.69) is 4.98 Å². The first-order chi connectivity index (χ1) is 22.6. The third kappa shape index (κ3) is 4.68. The van der Waals surface area contributed by atoms with Crippen molar-refractivity contribution in [1.82, 2.24) is 4.98 Å². The van der Waals surface area contributed by atoms with Gasteiger partial charge in [-0.15, -0.1) is 11.8 Å². The Morgan fingerprint density at radius 3 is 2.23 bits per heavy atom. The van der Waals surface area contributed by atoms with Crippen molar-refractivity contribution in [1.29, 1.82) is 0 Å². The van der Waals surface area contributed by atoms with Crippen LogP contribution in [0.4, 0.5) is 17.1 Å². The fourth-order valence-electron chi connectivity index (χ4n) is 8.11. The number of nitrogens with one attached hydrogen (secondary N) is 1. The molecule has 1 saturated heterocycles. The van der Waals surface area contributed by atoms with Crippen molar-refractivity contribution in [2.45, 2.75) is 29.2 Å². The lowest BCUT2D eigenvalue weighted by molar-refractivity contribution is -0.385. The van der Waals surface area contributed by atoms with Gasteiger partial charge in [-0.25, -0.2) is 0 Å². The molecular formula is C32H23ClN4O8S2. The first-order valence-corrected chi connectivity index (χ1v) is 16.9. The predicted octanol–water partition coefficient (Wildman–Crippen LogP) is 6.16. The van der Waals surface area contributed by atoms with E-state index in [-0.39, 0.29) is 63.4 Å². The predicted molar refractivity (Wildman–Crippen MR) is 173 cm³/mol. The van der Waals surface area contributed by atoms with Crippen LogP contribution in [0.2, 0.25) is 5.02 Å². The first kappa shape index (κ1) is 29.8. The number of thioether (sulfide) groups is 1. The van der Waals surface area contributed by atoms with Crippen molar-refractivity contribution in [3.05, 3.63) is 118 Å². The lowest BCUT2D eigenvalue weighted by Gasteiger charge is -2.43. The number of H-pyrrole nitrogens is 1. The van der Waals surface area contributed by atoms with Crippen LogP contribution < -0.4 is 14.5 Å². The molecule has 2 aliphatic carbocycles. The highest BCUT2D eigenvalue weighted by Gasteiger charge is 2.70. The molecule has 2 aliphatic heterocycles.